The van der Waals surface area contributed by atoms with Gasteiger partial charge in [-0.3, -0.25) is 4.98 Å². The summed E-state index contributed by atoms with van der Waals surface area (Å²) in [5, 5.41) is 20.9. The van der Waals surface area contributed by atoms with Gasteiger partial charge in [-0.25, -0.2) is 4.98 Å². The van der Waals surface area contributed by atoms with Gasteiger partial charge in [0.05, 0.1) is 23.7 Å². The topological polar surface area (TPSA) is 78.7 Å². The summed E-state index contributed by atoms with van der Waals surface area (Å²) in [6.07, 6.45) is 6.59. The van der Waals surface area contributed by atoms with Crippen molar-refractivity contribution in [2.24, 2.45) is 11.8 Å². The Morgan fingerprint density at radius 1 is 0.914 bits per heavy atom. The molecular weight excluding hydrogens is 438 g/mol. The van der Waals surface area contributed by atoms with Gasteiger partial charge in [0, 0.05) is 38.6 Å². The van der Waals surface area contributed by atoms with E-state index >= 15 is 0 Å². The predicted octanol–water partition coefficient (Wildman–Crippen LogP) is 3.84. The minimum absolute atomic E-state index is 0.121. The fourth-order valence-electron chi connectivity index (χ4n) is 5.97. The number of rotatable bonds is 10. The molecule has 2 fully saturated rings. The molecule has 0 amide bonds. The van der Waals surface area contributed by atoms with E-state index in [4.69, 9.17) is 4.74 Å². The third-order valence-corrected chi connectivity index (χ3v) is 7.56. The third-order valence-electron chi connectivity index (χ3n) is 7.56. The highest BCUT2D eigenvalue weighted by molar-refractivity contribution is 5.19. The van der Waals surface area contributed by atoms with E-state index in [0.29, 0.717) is 30.7 Å². The van der Waals surface area contributed by atoms with Crippen LogP contribution in [0.3, 0.4) is 0 Å². The highest BCUT2D eigenvalue weighted by Crippen LogP contribution is 2.45. The Hall–Kier alpha value is -2.80. The molecule has 2 heterocycles. The molecule has 6 heteroatoms. The van der Waals surface area contributed by atoms with Gasteiger partial charge in [-0.1, -0.05) is 60.7 Å². The average molecular weight is 474 g/mol. The molecule has 4 atom stereocenters. The summed E-state index contributed by atoms with van der Waals surface area (Å²) >= 11 is 0. The minimum atomic E-state index is -0.589. The molecule has 1 unspecified atom stereocenters. The van der Waals surface area contributed by atoms with E-state index in [-0.39, 0.29) is 12.5 Å². The van der Waals surface area contributed by atoms with Gasteiger partial charge in [-0.05, 0) is 42.2 Å². The normalized spacial score (nSPS) is 24.9. The van der Waals surface area contributed by atoms with E-state index in [1.54, 1.807) is 12.4 Å². The van der Waals surface area contributed by atoms with Gasteiger partial charge >= 0.3 is 0 Å². The molecule has 0 spiro atoms. The van der Waals surface area contributed by atoms with Crippen molar-refractivity contribution in [3.63, 3.8) is 0 Å². The van der Waals surface area contributed by atoms with Gasteiger partial charge in [-0.15, -0.1) is 0 Å². The van der Waals surface area contributed by atoms with Crippen LogP contribution in [-0.2, 0) is 13.0 Å². The Balaban J connectivity index is 1.15. The maximum Gasteiger partial charge on any atom is 0.232 e. The molecule has 6 nitrogen and oxygen atoms in total. The Morgan fingerprint density at radius 3 is 2.17 bits per heavy atom. The second-order valence-electron chi connectivity index (χ2n) is 10.3. The zero-order valence-corrected chi connectivity index (χ0v) is 20.2. The van der Waals surface area contributed by atoms with E-state index in [1.807, 2.05) is 48.5 Å². The van der Waals surface area contributed by atoms with Gasteiger partial charge in [0.15, 0.2) is 0 Å². The van der Waals surface area contributed by atoms with Crippen LogP contribution in [0.15, 0.2) is 73.1 Å². The molecule has 1 saturated heterocycles. The monoisotopic (exact) mass is 473 g/mol. The van der Waals surface area contributed by atoms with E-state index in [2.05, 4.69) is 27.0 Å². The number of likely N-dealkylation sites (tertiary alicyclic amines) is 1. The van der Waals surface area contributed by atoms with E-state index in [0.717, 1.165) is 50.2 Å². The Bertz CT molecular complexity index is 1050. The Labute approximate surface area is 207 Å². The first-order valence-electron chi connectivity index (χ1n) is 12.7. The summed E-state index contributed by atoms with van der Waals surface area (Å²) in [5.41, 5.74) is 2.61. The molecule has 1 saturated carbocycles. The first-order chi connectivity index (χ1) is 17.1. The molecule has 0 bridgehead atoms. The summed E-state index contributed by atoms with van der Waals surface area (Å²) in [5.74, 6) is 1.68. The molecule has 3 aromatic rings. The number of aliphatic hydroxyl groups excluding tert-OH is 1. The molecular formula is C29H35N3O3. The second-order valence-corrected chi connectivity index (χ2v) is 10.3. The summed E-state index contributed by atoms with van der Waals surface area (Å²) in [4.78, 5) is 11.6. The number of benzene rings is 2. The first-order valence-corrected chi connectivity index (χ1v) is 12.7. The smallest absolute Gasteiger partial charge is 0.232 e. The zero-order chi connectivity index (χ0) is 24.1. The van der Waals surface area contributed by atoms with E-state index in [1.165, 1.54) is 5.56 Å². The standard InChI is InChI=1S/C29H35N3O3/c33-12-11-24(27-16-31-28(17-30-27)35-21-23-9-5-2-6-10-23)18-32-19-25-14-29(34,15-26(25)20-32)13-22-7-3-1-4-8-22/h1-10,16-17,24-26,33-34H,11-15,18-21H2/t24?,25-,26+,29-. The number of hydrogen-bond acceptors (Lipinski definition) is 6. The number of ether oxygens (including phenoxy) is 1. The van der Waals surface area contributed by atoms with Gasteiger partial charge in [-0.2, -0.15) is 0 Å². The van der Waals surface area contributed by atoms with Crippen molar-refractivity contribution in [1.29, 1.82) is 0 Å². The summed E-state index contributed by atoms with van der Waals surface area (Å²) in [6.45, 7) is 3.42. The third kappa shape index (κ3) is 6.07. The minimum Gasteiger partial charge on any atom is -0.472 e. The molecule has 5 rings (SSSR count). The van der Waals surface area contributed by atoms with Crippen LogP contribution in [0.4, 0.5) is 0 Å². The zero-order valence-electron chi connectivity index (χ0n) is 20.2. The lowest BCUT2D eigenvalue weighted by Crippen LogP contribution is -2.33. The fraction of sp³-hybridized carbons (Fsp3) is 0.448. The van der Waals surface area contributed by atoms with Gasteiger partial charge in [0.1, 0.15) is 6.61 Å². The number of aromatic nitrogens is 2. The van der Waals surface area contributed by atoms with Crippen molar-refractivity contribution >= 4 is 0 Å². The molecule has 2 aromatic carbocycles. The number of nitrogens with zero attached hydrogens (tertiary/aromatic N) is 3. The lowest BCUT2D eigenvalue weighted by molar-refractivity contribution is 0.0351. The largest absolute Gasteiger partial charge is 0.472 e. The van der Waals surface area contributed by atoms with Crippen LogP contribution >= 0.6 is 0 Å². The summed E-state index contributed by atoms with van der Waals surface area (Å²) in [6, 6.07) is 20.3. The Kier molecular flexibility index (Phi) is 7.42. The van der Waals surface area contributed by atoms with Crippen LogP contribution < -0.4 is 4.74 Å². The maximum absolute atomic E-state index is 11.2. The summed E-state index contributed by atoms with van der Waals surface area (Å²) in [7, 11) is 0. The average Bonchev–Trinajstić information content (AvgIpc) is 3.38. The van der Waals surface area contributed by atoms with Crippen LogP contribution in [0.5, 0.6) is 5.88 Å². The van der Waals surface area contributed by atoms with E-state index in [9.17, 15) is 10.2 Å². The lowest BCUT2D eigenvalue weighted by atomic mass is 9.91. The van der Waals surface area contributed by atoms with E-state index < -0.39 is 5.60 Å². The highest BCUT2D eigenvalue weighted by atomic mass is 16.5. The number of hydrogen-bond donors (Lipinski definition) is 2. The van der Waals surface area contributed by atoms with Crippen molar-refractivity contribution in [3.05, 3.63) is 89.9 Å². The highest BCUT2D eigenvalue weighted by Gasteiger charge is 2.48. The number of fused-ring (bicyclic) bond motifs is 1. The van der Waals surface area contributed by atoms with Crippen LogP contribution in [0.1, 0.15) is 42.0 Å². The lowest BCUT2D eigenvalue weighted by Gasteiger charge is -2.28. The maximum atomic E-state index is 11.2. The summed E-state index contributed by atoms with van der Waals surface area (Å²) < 4.78 is 5.78. The molecule has 0 radical (unpaired) electrons. The second kappa shape index (κ2) is 10.9. The Morgan fingerprint density at radius 2 is 1.57 bits per heavy atom. The molecule has 1 aliphatic carbocycles. The first kappa shape index (κ1) is 23.9. The van der Waals surface area contributed by atoms with Gasteiger partial charge in [0.2, 0.25) is 5.88 Å². The van der Waals surface area contributed by atoms with Gasteiger partial charge < -0.3 is 19.8 Å². The van der Waals surface area contributed by atoms with Crippen molar-refractivity contribution in [1.82, 2.24) is 14.9 Å². The van der Waals surface area contributed by atoms with Gasteiger partial charge in [0.25, 0.3) is 0 Å². The number of aliphatic hydroxyl groups is 2. The molecule has 1 aromatic heterocycles. The van der Waals surface area contributed by atoms with Crippen LogP contribution in [0.2, 0.25) is 0 Å². The molecule has 184 valence electrons. The van der Waals surface area contributed by atoms with Crippen LogP contribution in [0, 0.1) is 11.8 Å². The fourth-order valence-corrected chi connectivity index (χ4v) is 5.97. The SMILES string of the molecule is OCCC(CN1C[C@@H]2C[C@@](O)(Cc3ccccc3)C[C@@H]2C1)c1cnc(OCc2ccccc2)cn1. The van der Waals surface area contributed by atoms with Crippen LogP contribution in [-0.4, -0.2) is 56.9 Å². The van der Waals surface area contributed by atoms with Crippen molar-refractivity contribution in [2.45, 2.75) is 43.8 Å². The molecule has 35 heavy (non-hydrogen) atoms. The molecule has 2 N–H and O–H groups in total. The predicted molar refractivity (Wildman–Crippen MR) is 135 cm³/mol. The van der Waals surface area contributed by atoms with Crippen LogP contribution in [0.25, 0.3) is 0 Å². The van der Waals surface area contributed by atoms with Crippen molar-refractivity contribution < 1.29 is 14.9 Å². The van der Waals surface area contributed by atoms with Crippen molar-refractivity contribution in [2.75, 3.05) is 26.2 Å². The molecule has 1 aliphatic heterocycles. The van der Waals surface area contributed by atoms with Crippen molar-refractivity contribution in [3.8, 4) is 5.88 Å². The molecule has 2 aliphatic rings. The quantitative estimate of drug-likeness (QED) is 0.466.